The van der Waals surface area contributed by atoms with E-state index in [4.69, 9.17) is 4.98 Å². The van der Waals surface area contributed by atoms with Crippen LogP contribution in [0.3, 0.4) is 0 Å². The molecule has 1 aromatic heterocycles. The third-order valence-electron chi connectivity index (χ3n) is 3.58. The summed E-state index contributed by atoms with van der Waals surface area (Å²) in [5.74, 6) is 1.01. The fourth-order valence-corrected chi connectivity index (χ4v) is 3.19. The van der Waals surface area contributed by atoms with Gasteiger partial charge in [0.15, 0.2) is 0 Å². The molecule has 2 aromatic carbocycles. The van der Waals surface area contributed by atoms with Crippen molar-refractivity contribution >= 4 is 43.4 Å². The van der Waals surface area contributed by atoms with E-state index in [1.54, 1.807) is 0 Å². The average molecular weight is 329 g/mol. The van der Waals surface area contributed by atoms with E-state index < -0.39 is 0 Å². The number of hydrogen-bond donors (Lipinski definition) is 1. The largest absolute Gasteiger partial charge is 0.370 e. The molecule has 1 N–H and O–H groups in total. The molecule has 0 radical (unpaired) electrons. The van der Waals surface area contributed by atoms with Gasteiger partial charge in [0, 0.05) is 21.8 Å². The smallest absolute Gasteiger partial charge is 0.129 e. The molecule has 0 saturated heterocycles. The number of nitrogens with one attached hydrogen (secondary N) is 1. The number of anilines is 1. The molecule has 0 bridgehead atoms. The Labute approximate surface area is 127 Å². The summed E-state index contributed by atoms with van der Waals surface area (Å²) in [7, 11) is 0. The fraction of sp³-hybridized carbons (Fsp3) is 0.235. The summed E-state index contributed by atoms with van der Waals surface area (Å²) in [6, 6.07) is 12.8. The highest BCUT2D eigenvalue weighted by molar-refractivity contribution is 9.10. The molecule has 102 valence electrons. The van der Waals surface area contributed by atoms with E-state index in [2.05, 4.69) is 71.5 Å². The summed E-state index contributed by atoms with van der Waals surface area (Å²) in [5.41, 5.74) is 2.33. The van der Waals surface area contributed by atoms with Gasteiger partial charge in [-0.25, -0.2) is 4.98 Å². The van der Waals surface area contributed by atoms with Gasteiger partial charge in [-0.1, -0.05) is 47.1 Å². The molecule has 0 aliphatic heterocycles. The van der Waals surface area contributed by atoms with E-state index in [9.17, 15) is 0 Å². The van der Waals surface area contributed by atoms with Crippen LogP contribution in [0.15, 0.2) is 40.9 Å². The Balaban J connectivity index is 2.40. The van der Waals surface area contributed by atoms with Crippen LogP contribution in [0.1, 0.15) is 19.4 Å². The Morgan fingerprint density at radius 2 is 1.85 bits per heavy atom. The lowest BCUT2D eigenvalue weighted by molar-refractivity contribution is 1.09. The Hall–Kier alpha value is -1.61. The van der Waals surface area contributed by atoms with E-state index in [1.807, 2.05) is 0 Å². The summed E-state index contributed by atoms with van der Waals surface area (Å²) in [6.07, 6.45) is 0.982. The Morgan fingerprint density at radius 3 is 2.55 bits per heavy atom. The van der Waals surface area contributed by atoms with Crippen molar-refractivity contribution in [3.05, 3.63) is 46.4 Å². The maximum absolute atomic E-state index is 4.87. The van der Waals surface area contributed by atoms with Gasteiger partial charge in [-0.05, 0) is 36.4 Å². The molecule has 0 atom stereocenters. The van der Waals surface area contributed by atoms with Gasteiger partial charge < -0.3 is 5.32 Å². The number of nitrogens with zero attached hydrogens (tertiary/aromatic N) is 1. The number of pyridine rings is 1. The molecule has 0 aliphatic carbocycles. The zero-order chi connectivity index (χ0) is 14.1. The van der Waals surface area contributed by atoms with Gasteiger partial charge in [-0.15, -0.1) is 0 Å². The molecule has 0 aliphatic rings. The number of fused-ring (bicyclic) bond motifs is 3. The molecular formula is C17H17BrN2. The predicted molar refractivity (Wildman–Crippen MR) is 90.5 cm³/mol. The summed E-state index contributed by atoms with van der Waals surface area (Å²) >= 11 is 3.67. The maximum Gasteiger partial charge on any atom is 0.129 e. The number of benzene rings is 2. The van der Waals surface area contributed by atoms with Crippen LogP contribution in [-0.4, -0.2) is 11.5 Å². The van der Waals surface area contributed by atoms with Crippen molar-refractivity contribution in [2.24, 2.45) is 0 Å². The zero-order valence-corrected chi connectivity index (χ0v) is 13.3. The van der Waals surface area contributed by atoms with Gasteiger partial charge >= 0.3 is 0 Å². The molecule has 0 fully saturated rings. The number of halogens is 1. The first kappa shape index (κ1) is 13.4. The third-order valence-corrected chi connectivity index (χ3v) is 4.23. The second-order valence-electron chi connectivity index (χ2n) is 4.86. The molecule has 0 amide bonds. The van der Waals surface area contributed by atoms with Crippen LogP contribution in [0.4, 0.5) is 5.82 Å². The Morgan fingerprint density at radius 1 is 1.10 bits per heavy atom. The summed E-state index contributed by atoms with van der Waals surface area (Å²) in [4.78, 5) is 4.87. The molecule has 20 heavy (non-hydrogen) atoms. The maximum atomic E-state index is 4.87. The van der Waals surface area contributed by atoms with Crippen molar-refractivity contribution in [1.29, 1.82) is 0 Å². The van der Waals surface area contributed by atoms with Crippen molar-refractivity contribution < 1.29 is 0 Å². The Kier molecular flexibility index (Phi) is 3.62. The quantitative estimate of drug-likeness (QED) is 0.673. The minimum absolute atomic E-state index is 0.889. The van der Waals surface area contributed by atoms with Crippen LogP contribution >= 0.6 is 15.9 Å². The van der Waals surface area contributed by atoms with Crippen LogP contribution in [-0.2, 0) is 6.42 Å². The molecule has 2 nitrogen and oxygen atoms in total. The lowest BCUT2D eigenvalue weighted by Crippen LogP contribution is -2.03. The second kappa shape index (κ2) is 5.41. The molecule has 3 aromatic rings. The molecular weight excluding hydrogens is 312 g/mol. The lowest BCUT2D eigenvalue weighted by atomic mass is 10.0. The minimum atomic E-state index is 0.889. The van der Waals surface area contributed by atoms with Gasteiger partial charge in [-0.2, -0.15) is 0 Å². The average Bonchev–Trinajstić information content (AvgIpc) is 2.48. The van der Waals surface area contributed by atoms with Gasteiger partial charge in [0.1, 0.15) is 5.82 Å². The number of rotatable bonds is 3. The molecule has 3 rings (SSSR count). The van der Waals surface area contributed by atoms with Crippen molar-refractivity contribution in [3.63, 3.8) is 0 Å². The monoisotopic (exact) mass is 328 g/mol. The van der Waals surface area contributed by atoms with Gasteiger partial charge in [0.2, 0.25) is 0 Å². The topological polar surface area (TPSA) is 24.9 Å². The summed E-state index contributed by atoms with van der Waals surface area (Å²) in [6.45, 7) is 5.16. The highest BCUT2D eigenvalue weighted by Crippen LogP contribution is 2.32. The van der Waals surface area contributed by atoms with Crippen LogP contribution < -0.4 is 5.32 Å². The molecule has 1 heterocycles. The van der Waals surface area contributed by atoms with E-state index in [1.165, 1.54) is 21.7 Å². The van der Waals surface area contributed by atoms with Gasteiger partial charge in [-0.3, -0.25) is 0 Å². The third kappa shape index (κ3) is 2.16. The number of hydrogen-bond acceptors (Lipinski definition) is 2. The lowest BCUT2D eigenvalue weighted by Gasteiger charge is -2.12. The van der Waals surface area contributed by atoms with Crippen LogP contribution in [0.5, 0.6) is 0 Å². The standard InChI is InChI=1S/C17H17BrN2/c1-3-11-9-12-10-15(18)13-7-5-6-8-14(13)16(12)20-17(11)19-4-2/h5-10H,3-4H2,1-2H3,(H,19,20). The van der Waals surface area contributed by atoms with Crippen molar-refractivity contribution in [1.82, 2.24) is 4.98 Å². The van der Waals surface area contributed by atoms with E-state index in [-0.39, 0.29) is 0 Å². The summed E-state index contributed by atoms with van der Waals surface area (Å²) in [5, 5.41) is 6.97. The molecule has 0 saturated carbocycles. The first-order chi connectivity index (χ1) is 9.74. The Bertz CT molecular complexity index is 781. The minimum Gasteiger partial charge on any atom is -0.370 e. The van der Waals surface area contributed by atoms with E-state index in [0.717, 1.165) is 28.8 Å². The van der Waals surface area contributed by atoms with Crippen LogP contribution in [0.2, 0.25) is 0 Å². The predicted octanol–water partition coefficient (Wildman–Crippen LogP) is 5.14. The first-order valence-corrected chi connectivity index (χ1v) is 7.78. The van der Waals surface area contributed by atoms with Crippen molar-refractivity contribution in [2.45, 2.75) is 20.3 Å². The number of aryl methyl sites for hydroxylation is 1. The van der Waals surface area contributed by atoms with Crippen molar-refractivity contribution in [3.8, 4) is 0 Å². The van der Waals surface area contributed by atoms with Crippen LogP contribution in [0, 0.1) is 0 Å². The SMILES string of the molecule is CCNc1nc2c(cc1CC)cc(Br)c1ccccc12. The highest BCUT2D eigenvalue weighted by Gasteiger charge is 2.09. The normalized spacial score (nSPS) is 11.2. The first-order valence-electron chi connectivity index (χ1n) is 6.99. The van der Waals surface area contributed by atoms with Gasteiger partial charge in [0.25, 0.3) is 0 Å². The van der Waals surface area contributed by atoms with E-state index >= 15 is 0 Å². The highest BCUT2D eigenvalue weighted by atomic mass is 79.9. The fourth-order valence-electron chi connectivity index (χ4n) is 2.60. The van der Waals surface area contributed by atoms with Crippen LogP contribution in [0.25, 0.3) is 21.7 Å². The van der Waals surface area contributed by atoms with E-state index in [0.29, 0.717) is 0 Å². The zero-order valence-electron chi connectivity index (χ0n) is 11.7. The molecule has 0 unspecified atom stereocenters. The molecule has 0 spiro atoms. The summed E-state index contributed by atoms with van der Waals surface area (Å²) < 4.78 is 1.13. The number of aromatic nitrogens is 1. The second-order valence-corrected chi connectivity index (χ2v) is 5.71. The molecule has 3 heteroatoms. The van der Waals surface area contributed by atoms with Gasteiger partial charge in [0.05, 0.1) is 5.52 Å². The van der Waals surface area contributed by atoms with Crippen molar-refractivity contribution in [2.75, 3.05) is 11.9 Å².